The van der Waals surface area contributed by atoms with Gasteiger partial charge in [-0.3, -0.25) is 4.79 Å². The summed E-state index contributed by atoms with van der Waals surface area (Å²) in [5.74, 6) is 0.143. The Kier molecular flexibility index (Phi) is 7.15. The number of likely N-dealkylation sites (N-methyl/N-ethyl adjacent to an activating group) is 1. The highest BCUT2D eigenvalue weighted by atomic mass is 19.1. The van der Waals surface area contributed by atoms with Gasteiger partial charge in [0.25, 0.3) is 5.91 Å². The fraction of sp³-hybridized carbons (Fsp3) is 0.250. The summed E-state index contributed by atoms with van der Waals surface area (Å²) < 4.78 is 19.5. The maximum absolute atomic E-state index is 14.3. The maximum Gasteiger partial charge on any atom is 0.253 e. The lowest BCUT2D eigenvalue weighted by atomic mass is 10.1. The highest BCUT2D eigenvalue weighted by Crippen LogP contribution is 2.23. The zero-order chi connectivity index (χ0) is 23.9. The van der Waals surface area contributed by atoms with Crippen LogP contribution in [-0.2, 0) is 0 Å². The molecule has 2 N–H and O–H groups in total. The number of nitrogens with one attached hydrogen (secondary N) is 2. The first-order chi connectivity index (χ1) is 16.5. The van der Waals surface area contributed by atoms with Crippen LogP contribution in [0, 0.1) is 17.1 Å². The van der Waals surface area contributed by atoms with Crippen molar-refractivity contribution in [1.82, 2.24) is 19.8 Å². The number of benzene rings is 2. The number of anilines is 4. The Balaban J connectivity index is 1.40. The molecular formula is C24H24FN7O2. The van der Waals surface area contributed by atoms with Gasteiger partial charge < -0.3 is 25.2 Å². The molecule has 2 aromatic carbocycles. The van der Waals surface area contributed by atoms with E-state index in [2.05, 4.69) is 25.5 Å². The average Bonchev–Trinajstić information content (AvgIpc) is 2.86. The van der Waals surface area contributed by atoms with Gasteiger partial charge in [0.15, 0.2) is 18.2 Å². The number of ether oxygens (including phenoxy) is 1. The van der Waals surface area contributed by atoms with Crippen LogP contribution < -0.4 is 15.4 Å². The predicted octanol–water partition coefficient (Wildman–Crippen LogP) is 3.39. The van der Waals surface area contributed by atoms with E-state index in [4.69, 9.17) is 10.00 Å². The van der Waals surface area contributed by atoms with Crippen molar-refractivity contribution >= 4 is 29.0 Å². The van der Waals surface area contributed by atoms with E-state index >= 15 is 0 Å². The number of carbonyl (C=O) groups is 1. The monoisotopic (exact) mass is 461 g/mol. The van der Waals surface area contributed by atoms with Crippen LogP contribution in [0.4, 0.5) is 27.5 Å². The first-order valence-electron chi connectivity index (χ1n) is 10.8. The third-order valence-corrected chi connectivity index (χ3v) is 5.34. The van der Waals surface area contributed by atoms with Gasteiger partial charge in [0, 0.05) is 43.1 Å². The van der Waals surface area contributed by atoms with Crippen LogP contribution in [0.5, 0.6) is 5.75 Å². The molecule has 4 rings (SSSR count). The van der Waals surface area contributed by atoms with E-state index in [0.29, 0.717) is 35.8 Å². The molecule has 34 heavy (non-hydrogen) atoms. The van der Waals surface area contributed by atoms with Crippen molar-refractivity contribution in [2.75, 3.05) is 50.5 Å². The molecule has 0 bridgehead atoms. The molecule has 2 heterocycles. The Labute approximate surface area is 196 Å². The van der Waals surface area contributed by atoms with Crippen molar-refractivity contribution in [2.45, 2.75) is 0 Å². The second-order valence-corrected chi connectivity index (χ2v) is 7.78. The smallest absolute Gasteiger partial charge is 0.253 e. The minimum absolute atomic E-state index is 0.00468. The molecule has 1 aromatic heterocycles. The Morgan fingerprint density at radius 1 is 1.06 bits per heavy atom. The lowest BCUT2D eigenvalue weighted by molar-refractivity contribution is 0.0664. The third-order valence-electron chi connectivity index (χ3n) is 5.34. The maximum atomic E-state index is 14.3. The molecule has 3 aromatic rings. The van der Waals surface area contributed by atoms with Crippen molar-refractivity contribution in [1.29, 1.82) is 5.26 Å². The van der Waals surface area contributed by atoms with E-state index in [9.17, 15) is 9.18 Å². The molecular weight excluding hydrogens is 437 g/mol. The number of aromatic nitrogens is 2. The number of nitriles is 1. The number of amides is 1. The summed E-state index contributed by atoms with van der Waals surface area (Å²) in [6, 6.07) is 15.7. The summed E-state index contributed by atoms with van der Waals surface area (Å²) in [6.07, 6.45) is 1.08. The Bertz CT molecular complexity index is 1170. The van der Waals surface area contributed by atoms with E-state index in [1.165, 1.54) is 0 Å². The van der Waals surface area contributed by atoms with Gasteiger partial charge in [-0.2, -0.15) is 10.2 Å². The van der Waals surface area contributed by atoms with Crippen LogP contribution >= 0.6 is 0 Å². The van der Waals surface area contributed by atoms with Gasteiger partial charge in [0.2, 0.25) is 5.95 Å². The molecule has 1 fully saturated rings. The minimum Gasteiger partial charge on any atom is -0.479 e. The Morgan fingerprint density at radius 2 is 1.71 bits per heavy atom. The zero-order valence-electron chi connectivity index (χ0n) is 18.7. The van der Waals surface area contributed by atoms with Crippen molar-refractivity contribution < 1.29 is 13.9 Å². The van der Waals surface area contributed by atoms with E-state index in [0.717, 1.165) is 19.3 Å². The van der Waals surface area contributed by atoms with E-state index < -0.39 is 5.82 Å². The van der Waals surface area contributed by atoms with Crippen molar-refractivity contribution in [2.24, 2.45) is 0 Å². The van der Waals surface area contributed by atoms with Crippen LogP contribution in [0.1, 0.15) is 10.4 Å². The SMILES string of the molecule is CN1CCN(C(=O)c2ccc(Nc3ncc(F)c(Nc4ccc(OCC#N)cc4)n3)cc2)CC1. The molecule has 1 aliphatic rings. The van der Waals surface area contributed by atoms with Crippen LogP contribution in [0.25, 0.3) is 0 Å². The summed E-state index contributed by atoms with van der Waals surface area (Å²) in [5.41, 5.74) is 1.88. The third kappa shape index (κ3) is 5.76. The van der Waals surface area contributed by atoms with Crippen molar-refractivity contribution in [3.05, 3.63) is 66.1 Å². The summed E-state index contributed by atoms with van der Waals surface area (Å²) >= 11 is 0. The zero-order valence-corrected chi connectivity index (χ0v) is 18.7. The second kappa shape index (κ2) is 10.6. The van der Waals surface area contributed by atoms with Crippen LogP contribution in [-0.4, -0.2) is 65.5 Å². The van der Waals surface area contributed by atoms with Crippen LogP contribution in [0.2, 0.25) is 0 Å². The first kappa shape index (κ1) is 22.9. The minimum atomic E-state index is -0.608. The number of hydrogen-bond acceptors (Lipinski definition) is 8. The van der Waals surface area contributed by atoms with Gasteiger partial charge >= 0.3 is 0 Å². The fourth-order valence-electron chi connectivity index (χ4n) is 3.42. The predicted molar refractivity (Wildman–Crippen MR) is 126 cm³/mol. The van der Waals surface area contributed by atoms with Gasteiger partial charge in [-0.1, -0.05) is 0 Å². The van der Waals surface area contributed by atoms with Gasteiger partial charge in [0.1, 0.15) is 11.8 Å². The summed E-state index contributed by atoms with van der Waals surface area (Å²) in [7, 11) is 2.05. The molecule has 0 aliphatic carbocycles. The molecule has 0 unspecified atom stereocenters. The highest BCUT2D eigenvalue weighted by molar-refractivity contribution is 5.94. The molecule has 0 atom stereocenters. The number of hydrogen-bond donors (Lipinski definition) is 2. The topological polar surface area (TPSA) is 106 Å². The van der Waals surface area contributed by atoms with Crippen LogP contribution in [0.3, 0.4) is 0 Å². The molecule has 10 heteroatoms. The molecule has 0 radical (unpaired) electrons. The quantitative estimate of drug-likeness (QED) is 0.552. The van der Waals surface area contributed by atoms with Crippen molar-refractivity contribution in [3.8, 4) is 11.8 Å². The van der Waals surface area contributed by atoms with E-state index in [1.807, 2.05) is 18.0 Å². The molecule has 1 saturated heterocycles. The fourth-order valence-corrected chi connectivity index (χ4v) is 3.42. The molecule has 1 aliphatic heterocycles. The number of halogens is 1. The Hall–Kier alpha value is -4.23. The lowest BCUT2D eigenvalue weighted by Crippen LogP contribution is -2.47. The standard InChI is InChI=1S/C24H24FN7O2/c1-31-11-13-32(14-12-31)23(33)17-2-4-19(5-3-17)29-24-27-16-21(25)22(30-24)28-18-6-8-20(9-7-18)34-15-10-26/h2-9,16H,11-15H2,1H3,(H2,27,28,29,30). The van der Waals surface area contributed by atoms with Gasteiger partial charge in [-0.05, 0) is 55.6 Å². The molecule has 9 nitrogen and oxygen atoms in total. The van der Waals surface area contributed by atoms with Crippen LogP contribution in [0.15, 0.2) is 54.7 Å². The summed E-state index contributed by atoms with van der Waals surface area (Å²) in [5, 5.41) is 14.5. The molecule has 174 valence electrons. The lowest BCUT2D eigenvalue weighted by Gasteiger charge is -2.32. The summed E-state index contributed by atoms with van der Waals surface area (Å²) in [4.78, 5) is 24.9. The van der Waals surface area contributed by atoms with E-state index in [1.54, 1.807) is 48.5 Å². The van der Waals surface area contributed by atoms with Gasteiger partial charge in [-0.25, -0.2) is 9.37 Å². The normalized spacial score (nSPS) is 13.7. The average molecular weight is 462 g/mol. The Morgan fingerprint density at radius 3 is 2.38 bits per heavy atom. The largest absolute Gasteiger partial charge is 0.479 e. The molecule has 1 amide bonds. The highest BCUT2D eigenvalue weighted by Gasteiger charge is 2.20. The first-order valence-corrected chi connectivity index (χ1v) is 10.8. The molecule has 0 spiro atoms. The molecule has 0 saturated carbocycles. The number of carbonyl (C=O) groups excluding carboxylic acids is 1. The summed E-state index contributed by atoms with van der Waals surface area (Å²) in [6.45, 7) is 3.10. The number of rotatable bonds is 7. The number of piperazine rings is 1. The van der Waals surface area contributed by atoms with Gasteiger partial charge in [0.05, 0.1) is 6.20 Å². The number of nitrogens with zero attached hydrogens (tertiary/aromatic N) is 5. The van der Waals surface area contributed by atoms with Gasteiger partial charge in [-0.15, -0.1) is 0 Å². The van der Waals surface area contributed by atoms with Crippen molar-refractivity contribution in [3.63, 3.8) is 0 Å². The van der Waals surface area contributed by atoms with E-state index in [-0.39, 0.29) is 24.3 Å². The second-order valence-electron chi connectivity index (χ2n) is 7.78.